The summed E-state index contributed by atoms with van der Waals surface area (Å²) >= 11 is 1.82. The number of nitrogens with one attached hydrogen (secondary N) is 1. The molecule has 2 heterocycles. The molecule has 1 aliphatic heterocycles. The van der Waals surface area contributed by atoms with E-state index in [1.165, 1.54) is 16.3 Å². The summed E-state index contributed by atoms with van der Waals surface area (Å²) in [5, 5.41) is 4.63. The first-order valence-corrected chi connectivity index (χ1v) is 8.82. The third-order valence-corrected chi connectivity index (χ3v) is 5.05. The number of halogens is 1. The number of nitrogens with zero attached hydrogens (tertiary/aromatic N) is 3. The van der Waals surface area contributed by atoms with E-state index < -0.39 is 0 Å². The maximum atomic E-state index is 4.79. The number of aromatic nitrogens is 1. The van der Waals surface area contributed by atoms with Crippen molar-refractivity contribution < 1.29 is 0 Å². The van der Waals surface area contributed by atoms with Gasteiger partial charge in [-0.05, 0) is 25.2 Å². The number of aryl methyl sites for hydroxylation is 1. The summed E-state index contributed by atoms with van der Waals surface area (Å²) in [5.41, 5.74) is 0.404. The molecule has 2 rings (SSSR count). The van der Waals surface area contributed by atoms with Gasteiger partial charge in [-0.2, -0.15) is 0 Å². The van der Waals surface area contributed by atoms with E-state index >= 15 is 0 Å². The molecule has 6 heteroatoms. The van der Waals surface area contributed by atoms with Crippen LogP contribution >= 0.6 is 35.3 Å². The summed E-state index contributed by atoms with van der Waals surface area (Å²) in [7, 11) is 0. The lowest BCUT2D eigenvalue weighted by Crippen LogP contribution is -2.40. The van der Waals surface area contributed by atoms with Gasteiger partial charge in [0.25, 0.3) is 0 Å². The third kappa shape index (κ3) is 5.68. The Morgan fingerprint density at radius 2 is 2.23 bits per heavy atom. The van der Waals surface area contributed by atoms with Crippen LogP contribution in [0.4, 0.5) is 0 Å². The standard InChI is InChI=1S/C16H28N4S.HI/c1-5-13-11-19-14(21-13)7-9-18-15(17-6-2)20-10-8-16(3,4)12-20;/h11H,5-10,12H2,1-4H3,(H,17,18);1H. The Balaban J connectivity index is 0.00000242. The van der Waals surface area contributed by atoms with Gasteiger partial charge >= 0.3 is 0 Å². The second-order valence-corrected chi connectivity index (χ2v) is 7.60. The molecule has 0 atom stereocenters. The van der Waals surface area contributed by atoms with E-state index in [-0.39, 0.29) is 24.0 Å². The zero-order valence-corrected chi connectivity index (χ0v) is 17.3. The van der Waals surface area contributed by atoms with Crippen LogP contribution in [0.1, 0.15) is 44.0 Å². The average molecular weight is 436 g/mol. The summed E-state index contributed by atoms with van der Waals surface area (Å²) in [6, 6.07) is 0. The van der Waals surface area contributed by atoms with Gasteiger partial charge in [0, 0.05) is 43.7 Å². The molecule has 1 N–H and O–H groups in total. The van der Waals surface area contributed by atoms with Crippen molar-refractivity contribution in [3.8, 4) is 0 Å². The zero-order chi connectivity index (χ0) is 15.3. The van der Waals surface area contributed by atoms with E-state index in [4.69, 9.17) is 4.99 Å². The summed E-state index contributed by atoms with van der Waals surface area (Å²) < 4.78 is 0. The van der Waals surface area contributed by atoms with Crippen molar-refractivity contribution in [1.29, 1.82) is 0 Å². The lowest BCUT2D eigenvalue weighted by molar-refractivity contribution is 0.370. The molecule has 1 aromatic heterocycles. The first kappa shape index (κ1) is 19.7. The SMILES string of the molecule is CCNC(=NCCc1ncc(CC)s1)N1CCC(C)(C)C1.I. The minimum Gasteiger partial charge on any atom is -0.357 e. The van der Waals surface area contributed by atoms with Gasteiger partial charge in [-0.25, -0.2) is 4.98 Å². The molecule has 126 valence electrons. The molecule has 1 saturated heterocycles. The van der Waals surface area contributed by atoms with E-state index in [2.05, 4.69) is 42.9 Å². The number of thiazole rings is 1. The van der Waals surface area contributed by atoms with Crippen molar-refractivity contribution in [1.82, 2.24) is 15.2 Å². The molecule has 1 fully saturated rings. The molecule has 0 unspecified atom stereocenters. The Morgan fingerprint density at radius 1 is 1.45 bits per heavy atom. The lowest BCUT2D eigenvalue weighted by atomic mass is 9.93. The van der Waals surface area contributed by atoms with Crippen molar-refractivity contribution in [2.75, 3.05) is 26.2 Å². The molecule has 4 nitrogen and oxygen atoms in total. The molecule has 22 heavy (non-hydrogen) atoms. The molecular weight excluding hydrogens is 407 g/mol. The highest BCUT2D eigenvalue weighted by molar-refractivity contribution is 14.0. The first-order chi connectivity index (χ1) is 10.0. The van der Waals surface area contributed by atoms with Crippen molar-refractivity contribution in [3.05, 3.63) is 16.1 Å². The van der Waals surface area contributed by atoms with E-state index in [1.807, 2.05) is 17.5 Å². The molecule has 0 bridgehead atoms. The molecule has 0 spiro atoms. The van der Waals surface area contributed by atoms with Gasteiger partial charge in [0.2, 0.25) is 0 Å². The van der Waals surface area contributed by atoms with Crippen LogP contribution in [0, 0.1) is 5.41 Å². The molecule has 1 aliphatic rings. The monoisotopic (exact) mass is 436 g/mol. The first-order valence-electron chi connectivity index (χ1n) is 8.01. The summed E-state index contributed by atoms with van der Waals surface area (Å²) in [6.07, 6.45) is 5.25. The predicted octanol–water partition coefficient (Wildman–Crippen LogP) is 3.56. The Bertz CT molecular complexity index is 484. The lowest BCUT2D eigenvalue weighted by Gasteiger charge is -2.23. The molecule has 0 aliphatic carbocycles. The molecule has 0 amide bonds. The number of hydrogen-bond donors (Lipinski definition) is 1. The van der Waals surface area contributed by atoms with Crippen molar-refractivity contribution in [2.45, 2.75) is 47.0 Å². The normalized spacial score (nSPS) is 17.5. The van der Waals surface area contributed by atoms with Crippen molar-refractivity contribution in [3.63, 3.8) is 0 Å². The fourth-order valence-electron chi connectivity index (χ4n) is 2.60. The van der Waals surface area contributed by atoms with Crippen molar-refractivity contribution in [2.24, 2.45) is 10.4 Å². The molecule has 1 aromatic rings. The molecule has 0 aromatic carbocycles. The Kier molecular flexibility index (Phi) is 8.10. The second-order valence-electron chi connectivity index (χ2n) is 6.40. The zero-order valence-electron chi connectivity index (χ0n) is 14.2. The minimum atomic E-state index is 0. The van der Waals surface area contributed by atoms with E-state index in [0.29, 0.717) is 5.41 Å². The van der Waals surface area contributed by atoms with Crippen LogP contribution in [0.25, 0.3) is 0 Å². The quantitative estimate of drug-likeness (QED) is 0.436. The Morgan fingerprint density at radius 3 is 2.77 bits per heavy atom. The van der Waals surface area contributed by atoms with Crippen LogP contribution in [0.3, 0.4) is 0 Å². The van der Waals surface area contributed by atoms with Gasteiger partial charge in [-0.3, -0.25) is 4.99 Å². The van der Waals surface area contributed by atoms with E-state index in [0.717, 1.165) is 45.0 Å². The molecule has 0 saturated carbocycles. The Hall–Kier alpha value is -0.370. The fraction of sp³-hybridized carbons (Fsp3) is 0.750. The van der Waals surface area contributed by atoms with Crippen LogP contribution in [0.2, 0.25) is 0 Å². The number of guanidine groups is 1. The summed E-state index contributed by atoms with van der Waals surface area (Å²) in [5.74, 6) is 1.07. The fourth-order valence-corrected chi connectivity index (χ4v) is 3.45. The topological polar surface area (TPSA) is 40.5 Å². The van der Waals surface area contributed by atoms with Crippen LogP contribution in [-0.4, -0.2) is 42.0 Å². The van der Waals surface area contributed by atoms with Gasteiger partial charge in [-0.15, -0.1) is 35.3 Å². The smallest absolute Gasteiger partial charge is 0.193 e. The largest absolute Gasteiger partial charge is 0.357 e. The average Bonchev–Trinajstić information content (AvgIpc) is 3.04. The third-order valence-electron chi connectivity index (χ3n) is 3.85. The molecule has 0 radical (unpaired) electrons. The van der Waals surface area contributed by atoms with Crippen LogP contribution < -0.4 is 5.32 Å². The maximum absolute atomic E-state index is 4.79. The summed E-state index contributed by atoms with van der Waals surface area (Å²) in [4.78, 5) is 13.0. The highest BCUT2D eigenvalue weighted by Gasteiger charge is 2.30. The van der Waals surface area contributed by atoms with E-state index in [9.17, 15) is 0 Å². The van der Waals surface area contributed by atoms with Gasteiger partial charge in [-0.1, -0.05) is 20.8 Å². The Labute approximate surface area is 155 Å². The highest BCUT2D eigenvalue weighted by atomic mass is 127. The van der Waals surface area contributed by atoms with Gasteiger partial charge < -0.3 is 10.2 Å². The molecular formula is C16H29IN4S. The van der Waals surface area contributed by atoms with E-state index in [1.54, 1.807) is 0 Å². The highest BCUT2D eigenvalue weighted by Crippen LogP contribution is 2.28. The van der Waals surface area contributed by atoms with Gasteiger partial charge in [0.15, 0.2) is 5.96 Å². The van der Waals surface area contributed by atoms with Crippen LogP contribution in [0.5, 0.6) is 0 Å². The van der Waals surface area contributed by atoms with Crippen LogP contribution in [-0.2, 0) is 12.8 Å². The minimum absolute atomic E-state index is 0. The number of rotatable bonds is 5. The predicted molar refractivity (Wildman–Crippen MR) is 107 cm³/mol. The number of likely N-dealkylation sites (tertiary alicyclic amines) is 1. The summed E-state index contributed by atoms with van der Waals surface area (Å²) in [6.45, 7) is 12.9. The van der Waals surface area contributed by atoms with Crippen LogP contribution in [0.15, 0.2) is 11.2 Å². The van der Waals surface area contributed by atoms with Gasteiger partial charge in [0.1, 0.15) is 0 Å². The van der Waals surface area contributed by atoms with Crippen molar-refractivity contribution >= 4 is 41.3 Å². The maximum Gasteiger partial charge on any atom is 0.193 e. The van der Waals surface area contributed by atoms with Gasteiger partial charge in [0.05, 0.1) is 5.01 Å². The second kappa shape index (κ2) is 9.05. The number of aliphatic imine (C=N–C) groups is 1. The number of hydrogen-bond acceptors (Lipinski definition) is 3.